The molecule has 0 N–H and O–H groups in total. The van der Waals surface area contributed by atoms with E-state index in [2.05, 4.69) is 15.2 Å². The van der Waals surface area contributed by atoms with Crippen LogP contribution in [0.25, 0.3) is 28.2 Å². The van der Waals surface area contributed by atoms with Gasteiger partial charge in [-0.15, -0.1) is 18.6 Å². The Kier molecular flexibility index (Phi) is 3.84. The number of halogens is 2. The molecule has 4 aromatic rings. The third-order valence-electron chi connectivity index (χ3n) is 4.50. The van der Waals surface area contributed by atoms with E-state index in [9.17, 15) is 17.2 Å². The molecule has 0 aliphatic carbocycles. The first kappa shape index (κ1) is 18.5. The van der Waals surface area contributed by atoms with Crippen molar-refractivity contribution in [3.8, 4) is 34.2 Å². The molecule has 0 saturated heterocycles. The van der Waals surface area contributed by atoms with Gasteiger partial charge in [0.2, 0.25) is 5.88 Å². The molecular formula is C18H12F2N4O5S. The number of fused-ring (bicyclic) bond motifs is 4. The Bertz CT molecular complexity index is 1430. The molecule has 12 heteroatoms. The van der Waals surface area contributed by atoms with Crippen molar-refractivity contribution in [2.24, 2.45) is 0 Å². The predicted molar refractivity (Wildman–Crippen MR) is 98.1 cm³/mol. The van der Waals surface area contributed by atoms with Crippen LogP contribution in [0.15, 0.2) is 35.1 Å². The second kappa shape index (κ2) is 6.23. The number of aromatic nitrogens is 4. The van der Waals surface area contributed by atoms with E-state index in [0.29, 0.717) is 5.82 Å². The zero-order valence-electron chi connectivity index (χ0n) is 15.5. The van der Waals surface area contributed by atoms with Gasteiger partial charge in [0.15, 0.2) is 23.6 Å². The van der Waals surface area contributed by atoms with Gasteiger partial charge in [-0.2, -0.15) is 0 Å². The van der Waals surface area contributed by atoms with Crippen LogP contribution in [0.2, 0.25) is 0 Å². The van der Waals surface area contributed by atoms with Crippen molar-refractivity contribution in [3.05, 3.63) is 48.1 Å². The van der Waals surface area contributed by atoms with Gasteiger partial charge in [-0.05, 0) is 18.2 Å². The number of benzene rings is 1. The van der Waals surface area contributed by atoms with Gasteiger partial charge in [-0.3, -0.25) is 0 Å². The van der Waals surface area contributed by atoms with Crippen molar-refractivity contribution in [2.45, 2.75) is 19.8 Å². The quantitative estimate of drug-likeness (QED) is 0.482. The molecule has 4 heterocycles. The van der Waals surface area contributed by atoms with E-state index in [-0.39, 0.29) is 45.8 Å². The molecule has 0 fully saturated rings. The average molecular weight is 434 g/mol. The van der Waals surface area contributed by atoms with Crippen molar-refractivity contribution in [3.63, 3.8) is 0 Å². The first-order valence-electron chi connectivity index (χ1n) is 8.70. The lowest BCUT2D eigenvalue weighted by molar-refractivity contribution is 0.368. The Balaban J connectivity index is 1.85. The summed E-state index contributed by atoms with van der Waals surface area (Å²) >= 11 is 0. The lowest BCUT2D eigenvalue weighted by atomic mass is 10.0. The smallest absolute Gasteiger partial charge is 0.442 e. The van der Waals surface area contributed by atoms with E-state index in [4.69, 9.17) is 12.8 Å². The van der Waals surface area contributed by atoms with Gasteiger partial charge in [-0.1, -0.05) is 13.8 Å². The predicted octanol–water partition coefficient (Wildman–Crippen LogP) is 3.47. The van der Waals surface area contributed by atoms with Crippen molar-refractivity contribution in [1.82, 2.24) is 19.6 Å². The largest absolute Gasteiger partial charge is 0.502 e. The molecule has 0 atom stereocenters. The SMILES string of the molecule is CC(C)c1nnc2cc3c(-c4ocnc4-c4cc(F)ccc4F)c(n12)OS(=O)(=O)O3. The zero-order valence-corrected chi connectivity index (χ0v) is 16.3. The fourth-order valence-electron chi connectivity index (χ4n) is 3.26. The summed E-state index contributed by atoms with van der Waals surface area (Å²) in [5, 5.41) is 8.10. The second-order valence-electron chi connectivity index (χ2n) is 6.82. The number of nitrogens with zero attached hydrogens (tertiary/aromatic N) is 4. The second-order valence-corrected chi connectivity index (χ2v) is 7.97. The normalized spacial score (nSPS) is 14.7. The Hall–Kier alpha value is -3.54. The molecule has 0 spiro atoms. The fraction of sp³-hybridized carbons (Fsp3) is 0.167. The van der Waals surface area contributed by atoms with Gasteiger partial charge < -0.3 is 12.8 Å². The van der Waals surface area contributed by atoms with Crippen molar-refractivity contribution in [1.29, 1.82) is 0 Å². The molecule has 1 aliphatic heterocycles. The minimum absolute atomic E-state index is 0.0511. The van der Waals surface area contributed by atoms with Gasteiger partial charge in [0.25, 0.3) is 0 Å². The number of hydrogen-bond donors (Lipinski definition) is 0. The molecule has 9 nitrogen and oxygen atoms in total. The lowest BCUT2D eigenvalue weighted by Gasteiger charge is -2.21. The minimum atomic E-state index is -4.42. The van der Waals surface area contributed by atoms with Crippen LogP contribution in [0.1, 0.15) is 25.6 Å². The van der Waals surface area contributed by atoms with Crippen LogP contribution in [-0.4, -0.2) is 28.0 Å². The highest BCUT2D eigenvalue weighted by Crippen LogP contribution is 2.47. The summed E-state index contributed by atoms with van der Waals surface area (Å²) in [4.78, 5) is 3.99. The van der Waals surface area contributed by atoms with E-state index >= 15 is 0 Å². The summed E-state index contributed by atoms with van der Waals surface area (Å²) in [5.74, 6) is -1.57. The first-order chi connectivity index (χ1) is 14.2. The molecule has 5 rings (SSSR count). The Morgan fingerprint density at radius 2 is 1.90 bits per heavy atom. The molecule has 0 saturated carbocycles. The van der Waals surface area contributed by atoms with Gasteiger partial charge in [0, 0.05) is 17.5 Å². The molecule has 2 bridgehead atoms. The van der Waals surface area contributed by atoms with Crippen LogP contribution in [0.5, 0.6) is 11.6 Å². The molecule has 0 amide bonds. The summed E-state index contributed by atoms with van der Waals surface area (Å²) in [6.45, 7) is 3.68. The highest BCUT2D eigenvalue weighted by molar-refractivity contribution is 7.82. The van der Waals surface area contributed by atoms with E-state index in [1.54, 1.807) is 0 Å². The van der Waals surface area contributed by atoms with E-state index < -0.39 is 22.0 Å². The Labute approximate surface area is 168 Å². The van der Waals surface area contributed by atoms with E-state index in [1.165, 1.54) is 10.5 Å². The van der Waals surface area contributed by atoms with Crippen LogP contribution in [0, 0.1) is 11.6 Å². The molecule has 1 aliphatic rings. The number of oxazole rings is 1. The molecule has 30 heavy (non-hydrogen) atoms. The Morgan fingerprint density at radius 1 is 1.10 bits per heavy atom. The van der Waals surface area contributed by atoms with Gasteiger partial charge >= 0.3 is 10.4 Å². The van der Waals surface area contributed by atoms with Gasteiger partial charge in [0.1, 0.15) is 28.7 Å². The molecule has 0 unspecified atom stereocenters. The maximum absolute atomic E-state index is 14.4. The highest BCUT2D eigenvalue weighted by Gasteiger charge is 2.37. The van der Waals surface area contributed by atoms with Crippen molar-refractivity contribution < 1.29 is 30.0 Å². The third kappa shape index (κ3) is 2.71. The summed E-state index contributed by atoms with van der Waals surface area (Å²) in [7, 11) is -4.42. The standard InChI is InChI=1S/C18H12F2N4O5S/c1-8(2)17-23-22-13-6-12-14(18(24(13)17)29-30(25,26)28-12)16-15(21-7-27-16)10-5-9(19)3-4-11(10)20/h3-8H,1-2H3. The minimum Gasteiger partial charge on any atom is -0.442 e. The lowest BCUT2D eigenvalue weighted by Crippen LogP contribution is -2.24. The summed E-state index contributed by atoms with van der Waals surface area (Å²) in [6.07, 6.45) is 1.03. The summed E-state index contributed by atoms with van der Waals surface area (Å²) < 4.78 is 69.3. The number of rotatable bonds is 3. The van der Waals surface area contributed by atoms with E-state index in [0.717, 1.165) is 24.6 Å². The van der Waals surface area contributed by atoms with E-state index in [1.807, 2.05) is 13.8 Å². The highest BCUT2D eigenvalue weighted by atomic mass is 32.3. The molecule has 1 aromatic carbocycles. The zero-order chi connectivity index (χ0) is 21.2. The molecule has 154 valence electrons. The molecule has 0 radical (unpaired) electrons. The van der Waals surface area contributed by atoms with Gasteiger partial charge in [-0.25, -0.2) is 18.2 Å². The van der Waals surface area contributed by atoms with Crippen LogP contribution >= 0.6 is 0 Å². The fourth-order valence-corrected chi connectivity index (χ4v) is 4.00. The van der Waals surface area contributed by atoms with Crippen LogP contribution in [0.3, 0.4) is 0 Å². The number of pyridine rings is 1. The molecular weight excluding hydrogens is 422 g/mol. The average Bonchev–Trinajstić information content (AvgIpc) is 3.29. The van der Waals surface area contributed by atoms with Crippen LogP contribution in [-0.2, 0) is 10.4 Å². The molecule has 3 aromatic heterocycles. The van der Waals surface area contributed by atoms with Crippen molar-refractivity contribution in [2.75, 3.05) is 0 Å². The number of hydrogen-bond acceptors (Lipinski definition) is 8. The topological polar surface area (TPSA) is 109 Å². The summed E-state index contributed by atoms with van der Waals surface area (Å²) in [6, 6.07) is 4.22. The van der Waals surface area contributed by atoms with Crippen LogP contribution in [0.4, 0.5) is 8.78 Å². The first-order valence-corrected chi connectivity index (χ1v) is 10.0. The monoisotopic (exact) mass is 434 g/mol. The maximum atomic E-state index is 14.4. The van der Waals surface area contributed by atoms with Gasteiger partial charge in [0.05, 0.1) is 0 Å². The van der Waals surface area contributed by atoms with Crippen molar-refractivity contribution >= 4 is 16.0 Å². The summed E-state index contributed by atoms with van der Waals surface area (Å²) in [5.41, 5.74) is 0.0991. The Morgan fingerprint density at radius 3 is 2.67 bits per heavy atom. The third-order valence-corrected chi connectivity index (χ3v) is 5.25. The van der Waals surface area contributed by atoms with Crippen LogP contribution < -0.4 is 8.37 Å². The maximum Gasteiger partial charge on any atom is 0.502 e.